The SMILES string of the molecule is CC(O)NC(C)O.CCCCCCCC/C=C\CCCCCCCCOS(=O)(=O)O. The van der Waals surface area contributed by atoms with Crippen molar-refractivity contribution in [2.75, 3.05) is 6.61 Å². The summed E-state index contributed by atoms with van der Waals surface area (Å²) in [7, 11) is -4.25. The maximum atomic E-state index is 10.3. The molecule has 0 heterocycles. The van der Waals surface area contributed by atoms with Gasteiger partial charge in [0.2, 0.25) is 0 Å². The molecule has 0 rings (SSSR count). The van der Waals surface area contributed by atoms with Crippen LogP contribution in [0.15, 0.2) is 12.2 Å². The van der Waals surface area contributed by atoms with Crippen molar-refractivity contribution >= 4 is 10.4 Å². The lowest BCUT2D eigenvalue weighted by Crippen LogP contribution is -2.33. The molecule has 0 aromatic heterocycles. The molecular formula is C22H47NO6S. The third kappa shape index (κ3) is 35.0. The molecule has 0 bridgehead atoms. The minimum atomic E-state index is -4.25. The van der Waals surface area contributed by atoms with E-state index in [2.05, 4.69) is 28.6 Å². The molecule has 182 valence electrons. The van der Waals surface area contributed by atoms with Gasteiger partial charge in [-0.05, 0) is 46.0 Å². The van der Waals surface area contributed by atoms with Crippen molar-refractivity contribution in [3.05, 3.63) is 12.2 Å². The van der Waals surface area contributed by atoms with E-state index in [1.807, 2.05) is 0 Å². The normalized spacial score (nSPS) is 13.8. The molecule has 0 aliphatic carbocycles. The molecule has 4 N–H and O–H groups in total. The lowest BCUT2D eigenvalue weighted by molar-refractivity contribution is 0.0632. The van der Waals surface area contributed by atoms with Crippen LogP contribution in [0.2, 0.25) is 0 Å². The molecule has 0 aliphatic heterocycles. The summed E-state index contributed by atoms with van der Waals surface area (Å²) in [5, 5.41) is 19.3. The molecule has 0 amide bonds. The number of hydrogen-bond donors (Lipinski definition) is 4. The van der Waals surface area contributed by atoms with Gasteiger partial charge in [-0.3, -0.25) is 9.87 Å². The van der Waals surface area contributed by atoms with Gasteiger partial charge in [-0.15, -0.1) is 0 Å². The van der Waals surface area contributed by atoms with Crippen LogP contribution in [0.25, 0.3) is 0 Å². The Morgan fingerprint density at radius 2 is 1.17 bits per heavy atom. The second-order valence-corrected chi connectivity index (χ2v) is 8.80. The van der Waals surface area contributed by atoms with E-state index in [-0.39, 0.29) is 6.61 Å². The van der Waals surface area contributed by atoms with E-state index in [0.29, 0.717) is 6.42 Å². The van der Waals surface area contributed by atoms with Gasteiger partial charge in [-0.1, -0.05) is 76.9 Å². The highest BCUT2D eigenvalue weighted by Crippen LogP contribution is 2.10. The second-order valence-electron chi connectivity index (χ2n) is 7.71. The first-order valence-corrected chi connectivity index (χ1v) is 12.9. The summed E-state index contributed by atoms with van der Waals surface area (Å²) in [6, 6.07) is 0. The fourth-order valence-corrected chi connectivity index (χ4v) is 3.19. The van der Waals surface area contributed by atoms with Crippen LogP contribution >= 0.6 is 0 Å². The summed E-state index contributed by atoms with van der Waals surface area (Å²) in [5.74, 6) is 0. The molecule has 0 aromatic carbocycles. The van der Waals surface area contributed by atoms with Crippen molar-refractivity contribution in [3.8, 4) is 0 Å². The maximum absolute atomic E-state index is 10.3. The van der Waals surface area contributed by atoms with E-state index in [9.17, 15) is 8.42 Å². The molecule has 0 spiro atoms. The topological polar surface area (TPSA) is 116 Å². The van der Waals surface area contributed by atoms with Crippen molar-refractivity contribution < 1.29 is 27.4 Å². The van der Waals surface area contributed by atoms with E-state index in [1.165, 1.54) is 70.6 Å². The summed E-state index contributed by atoms with van der Waals surface area (Å²) < 4.78 is 33.3. The van der Waals surface area contributed by atoms with Crippen molar-refractivity contribution in [2.45, 2.75) is 123 Å². The maximum Gasteiger partial charge on any atom is 0.397 e. The van der Waals surface area contributed by atoms with E-state index < -0.39 is 22.9 Å². The van der Waals surface area contributed by atoms with Crippen LogP contribution in [0.5, 0.6) is 0 Å². The van der Waals surface area contributed by atoms with Crippen LogP contribution < -0.4 is 5.32 Å². The molecule has 0 aliphatic rings. The monoisotopic (exact) mass is 453 g/mol. The zero-order valence-electron chi connectivity index (χ0n) is 19.4. The minimum Gasteiger partial charge on any atom is -0.379 e. The smallest absolute Gasteiger partial charge is 0.379 e. The van der Waals surface area contributed by atoms with Crippen LogP contribution in [0, 0.1) is 0 Å². The molecular weight excluding hydrogens is 406 g/mol. The summed E-state index contributed by atoms with van der Waals surface area (Å²) in [6.45, 7) is 5.43. The van der Waals surface area contributed by atoms with E-state index in [0.717, 1.165) is 12.8 Å². The highest BCUT2D eigenvalue weighted by atomic mass is 32.3. The summed E-state index contributed by atoms with van der Waals surface area (Å²) in [6.07, 6.45) is 20.3. The van der Waals surface area contributed by atoms with Gasteiger partial charge in [0.25, 0.3) is 0 Å². The fraction of sp³-hybridized carbons (Fsp3) is 0.909. The zero-order valence-corrected chi connectivity index (χ0v) is 20.2. The van der Waals surface area contributed by atoms with Gasteiger partial charge >= 0.3 is 10.4 Å². The Hall–Kier alpha value is -0.510. The number of aliphatic hydroxyl groups is 2. The predicted molar refractivity (Wildman–Crippen MR) is 123 cm³/mol. The molecule has 0 radical (unpaired) electrons. The standard InChI is InChI=1S/C18H36O4S.C4H11NO2/c1-2-3-4-5-6-7-8-9-10-11-12-13-14-15-16-17-18-22-23(19,20)21;1-3(6)5-4(2)7/h9-10H,2-8,11-18H2,1H3,(H,19,20,21);3-7H,1-2H3/b10-9-;. The molecule has 7 nitrogen and oxygen atoms in total. The van der Waals surface area contributed by atoms with Crippen molar-refractivity contribution in [1.29, 1.82) is 0 Å². The lowest BCUT2D eigenvalue weighted by atomic mass is 10.1. The van der Waals surface area contributed by atoms with Gasteiger partial charge in [-0.2, -0.15) is 8.42 Å². The molecule has 2 unspecified atom stereocenters. The first-order valence-electron chi connectivity index (χ1n) is 11.6. The Morgan fingerprint density at radius 3 is 1.53 bits per heavy atom. The Kier molecular flexibility index (Phi) is 24.5. The first-order chi connectivity index (χ1) is 14.2. The quantitative estimate of drug-likeness (QED) is 0.0931. The average Bonchev–Trinajstić information content (AvgIpc) is 2.63. The number of rotatable bonds is 19. The zero-order chi connectivity index (χ0) is 23.1. The largest absolute Gasteiger partial charge is 0.397 e. The van der Waals surface area contributed by atoms with E-state index in [1.54, 1.807) is 13.8 Å². The second kappa shape index (κ2) is 23.2. The Morgan fingerprint density at radius 1 is 0.767 bits per heavy atom. The number of allylic oxidation sites excluding steroid dienone is 2. The molecule has 0 saturated heterocycles. The molecule has 0 saturated carbocycles. The van der Waals surface area contributed by atoms with Crippen LogP contribution in [0.1, 0.15) is 111 Å². The minimum absolute atomic E-state index is 0.0833. The number of aliphatic hydroxyl groups excluding tert-OH is 2. The van der Waals surface area contributed by atoms with Crippen molar-refractivity contribution in [3.63, 3.8) is 0 Å². The highest BCUT2D eigenvalue weighted by Gasteiger charge is 2.02. The van der Waals surface area contributed by atoms with Gasteiger partial charge in [0.15, 0.2) is 0 Å². The number of unbranched alkanes of at least 4 members (excludes halogenated alkanes) is 12. The predicted octanol–water partition coefficient (Wildman–Crippen LogP) is 5.10. The molecule has 30 heavy (non-hydrogen) atoms. The molecule has 0 aromatic rings. The number of hydrogen-bond acceptors (Lipinski definition) is 6. The van der Waals surface area contributed by atoms with Gasteiger partial charge in [0.05, 0.1) is 6.61 Å². The summed E-state index contributed by atoms with van der Waals surface area (Å²) >= 11 is 0. The van der Waals surface area contributed by atoms with Crippen LogP contribution in [0.3, 0.4) is 0 Å². The first kappa shape index (κ1) is 31.7. The van der Waals surface area contributed by atoms with Gasteiger partial charge in [0, 0.05) is 0 Å². The molecule has 0 fully saturated rings. The van der Waals surface area contributed by atoms with Crippen LogP contribution in [-0.2, 0) is 14.6 Å². The van der Waals surface area contributed by atoms with E-state index >= 15 is 0 Å². The third-order valence-corrected chi connectivity index (χ3v) is 4.84. The van der Waals surface area contributed by atoms with Crippen LogP contribution in [0.4, 0.5) is 0 Å². The van der Waals surface area contributed by atoms with Crippen LogP contribution in [-0.4, -0.2) is 42.2 Å². The van der Waals surface area contributed by atoms with Crippen molar-refractivity contribution in [2.24, 2.45) is 0 Å². The third-order valence-electron chi connectivity index (χ3n) is 4.37. The average molecular weight is 454 g/mol. The van der Waals surface area contributed by atoms with E-state index in [4.69, 9.17) is 14.8 Å². The number of nitrogens with one attached hydrogen (secondary N) is 1. The summed E-state index contributed by atoms with van der Waals surface area (Å²) in [4.78, 5) is 0. The van der Waals surface area contributed by atoms with Gasteiger partial charge in [0.1, 0.15) is 12.5 Å². The van der Waals surface area contributed by atoms with Gasteiger partial charge < -0.3 is 10.2 Å². The Labute approximate surface area is 185 Å². The van der Waals surface area contributed by atoms with Crippen molar-refractivity contribution in [1.82, 2.24) is 5.32 Å². The van der Waals surface area contributed by atoms with Gasteiger partial charge in [-0.25, -0.2) is 4.18 Å². The fourth-order valence-electron chi connectivity index (χ4n) is 2.86. The molecule has 2 atom stereocenters. The highest BCUT2D eigenvalue weighted by molar-refractivity contribution is 7.80. The Bertz CT molecular complexity index is 460. The lowest BCUT2D eigenvalue weighted by Gasteiger charge is -2.08. The Balaban J connectivity index is 0. The molecule has 8 heteroatoms. The summed E-state index contributed by atoms with van der Waals surface area (Å²) in [5.41, 5.74) is 0.